The number of benzene rings is 1. The van der Waals surface area contributed by atoms with Crippen LogP contribution in [0.5, 0.6) is 0 Å². The molecule has 1 aromatic carbocycles. The summed E-state index contributed by atoms with van der Waals surface area (Å²) in [7, 11) is 0. The number of nitrogens with two attached hydrogens (primary N) is 1. The topological polar surface area (TPSA) is 75.4 Å². The fourth-order valence-corrected chi connectivity index (χ4v) is 1.29. The lowest BCUT2D eigenvalue weighted by molar-refractivity contribution is -0.116. The second-order valence-corrected chi connectivity index (χ2v) is 3.72. The summed E-state index contributed by atoms with van der Waals surface area (Å²) in [4.78, 5) is 11.4. The Morgan fingerprint density at radius 2 is 2.00 bits per heavy atom. The molecule has 0 spiro atoms. The molecule has 0 saturated carbocycles. The van der Waals surface area contributed by atoms with E-state index in [2.05, 4.69) is 5.32 Å². The van der Waals surface area contributed by atoms with Gasteiger partial charge in [-0.3, -0.25) is 4.79 Å². The molecule has 17 heavy (non-hydrogen) atoms. The Balaban J connectivity index is 2.32. The number of carbonyl (C=O) groups is 1. The van der Waals surface area contributed by atoms with Gasteiger partial charge in [-0.25, -0.2) is 0 Å². The summed E-state index contributed by atoms with van der Waals surface area (Å²) < 4.78 is 0. The van der Waals surface area contributed by atoms with Crippen LogP contribution >= 0.6 is 0 Å². The van der Waals surface area contributed by atoms with E-state index >= 15 is 0 Å². The van der Waals surface area contributed by atoms with E-state index in [9.17, 15) is 4.79 Å². The fourth-order valence-electron chi connectivity index (χ4n) is 1.29. The summed E-state index contributed by atoms with van der Waals surface area (Å²) in [6.07, 6.45) is 4.73. The molecule has 4 N–H and O–H groups in total. The van der Waals surface area contributed by atoms with Gasteiger partial charge in [0, 0.05) is 24.9 Å². The predicted molar refractivity (Wildman–Crippen MR) is 69.2 cm³/mol. The zero-order valence-electron chi connectivity index (χ0n) is 9.73. The first-order valence-corrected chi connectivity index (χ1v) is 5.64. The van der Waals surface area contributed by atoms with Gasteiger partial charge in [-0.05, 0) is 36.6 Å². The predicted octanol–water partition coefficient (Wildman–Crippen LogP) is 1.17. The highest BCUT2D eigenvalue weighted by molar-refractivity contribution is 5.91. The van der Waals surface area contributed by atoms with Gasteiger partial charge in [0.1, 0.15) is 0 Å². The van der Waals surface area contributed by atoms with Gasteiger partial charge in [0.2, 0.25) is 5.91 Å². The molecule has 0 saturated heterocycles. The summed E-state index contributed by atoms with van der Waals surface area (Å²) in [6, 6.07) is 7.29. The lowest BCUT2D eigenvalue weighted by Gasteiger charge is -2.00. The van der Waals surface area contributed by atoms with Gasteiger partial charge < -0.3 is 16.2 Å². The number of aliphatic hydroxyl groups is 1. The zero-order chi connectivity index (χ0) is 12.5. The Kier molecular flexibility index (Phi) is 5.82. The largest absolute Gasteiger partial charge is 0.399 e. The number of rotatable bonds is 6. The quantitative estimate of drug-likeness (QED) is 0.393. The van der Waals surface area contributed by atoms with Crippen LogP contribution in [0.2, 0.25) is 0 Å². The molecule has 0 atom stereocenters. The minimum absolute atomic E-state index is 0.125. The molecule has 0 aromatic heterocycles. The van der Waals surface area contributed by atoms with E-state index in [1.165, 1.54) is 6.08 Å². The smallest absolute Gasteiger partial charge is 0.243 e. The first kappa shape index (κ1) is 13.3. The van der Waals surface area contributed by atoms with Gasteiger partial charge in [-0.1, -0.05) is 12.1 Å². The van der Waals surface area contributed by atoms with Crippen LogP contribution in [0.15, 0.2) is 30.3 Å². The minimum Gasteiger partial charge on any atom is -0.399 e. The maximum atomic E-state index is 11.4. The highest BCUT2D eigenvalue weighted by atomic mass is 16.2. The number of hydrogen-bond acceptors (Lipinski definition) is 3. The zero-order valence-corrected chi connectivity index (χ0v) is 9.73. The van der Waals surface area contributed by atoms with Crippen molar-refractivity contribution in [3.8, 4) is 0 Å². The third kappa shape index (κ3) is 5.73. The van der Waals surface area contributed by atoms with Crippen molar-refractivity contribution in [1.82, 2.24) is 5.32 Å². The number of nitrogen functional groups attached to an aromatic ring is 1. The number of nitrogens with one attached hydrogen (secondary N) is 1. The van der Waals surface area contributed by atoms with Crippen molar-refractivity contribution in [1.29, 1.82) is 0 Å². The Hall–Kier alpha value is -1.81. The SMILES string of the molecule is Nc1ccc(/C=C/C(=O)NCCCCO)cc1. The third-order valence-electron chi connectivity index (χ3n) is 2.25. The lowest BCUT2D eigenvalue weighted by Crippen LogP contribution is -2.22. The van der Waals surface area contributed by atoms with E-state index in [1.54, 1.807) is 18.2 Å². The van der Waals surface area contributed by atoms with E-state index in [0.29, 0.717) is 18.7 Å². The molecule has 92 valence electrons. The Morgan fingerprint density at radius 3 is 2.65 bits per heavy atom. The van der Waals surface area contributed by atoms with E-state index < -0.39 is 0 Å². The van der Waals surface area contributed by atoms with Gasteiger partial charge in [0.05, 0.1) is 0 Å². The van der Waals surface area contributed by atoms with E-state index in [1.807, 2.05) is 12.1 Å². The van der Waals surface area contributed by atoms with Crippen LogP contribution < -0.4 is 11.1 Å². The second kappa shape index (κ2) is 7.46. The maximum Gasteiger partial charge on any atom is 0.243 e. The molecule has 0 aliphatic carbocycles. The number of unbranched alkanes of at least 4 members (excludes halogenated alkanes) is 1. The van der Waals surface area contributed by atoms with Gasteiger partial charge in [-0.2, -0.15) is 0 Å². The van der Waals surface area contributed by atoms with Gasteiger partial charge in [0.15, 0.2) is 0 Å². The van der Waals surface area contributed by atoms with Crippen LogP contribution in [0.25, 0.3) is 6.08 Å². The van der Waals surface area contributed by atoms with Crippen LogP contribution in [0.1, 0.15) is 18.4 Å². The number of amides is 1. The highest BCUT2D eigenvalue weighted by Gasteiger charge is 1.94. The molecule has 0 aliphatic heterocycles. The maximum absolute atomic E-state index is 11.4. The van der Waals surface area contributed by atoms with E-state index in [4.69, 9.17) is 10.8 Å². The third-order valence-corrected chi connectivity index (χ3v) is 2.25. The molecule has 0 unspecified atom stereocenters. The standard InChI is InChI=1S/C13H18N2O2/c14-12-6-3-11(4-7-12)5-8-13(17)15-9-1-2-10-16/h3-8,16H,1-2,9-10,14H2,(H,15,17)/b8-5+. The molecular weight excluding hydrogens is 216 g/mol. The van der Waals surface area contributed by atoms with Crippen molar-refractivity contribution < 1.29 is 9.90 Å². The minimum atomic E-state index is -0.125. The Bertz CT molecular complexity index is 372. The number of anilines is 1. The molecule has 0 radical (unpaired) electrons. The fraction of sp³-hybridized carbons (Fsp3) is 0.308. The average Bonchev–Trinajstić information content (AvgIpc) is 2.34. The molecular formula is C13H18N2O2. The summed E-state index contributed by atoms with van der Waals surface area (Å²) in [5.41, 5.74) is 7.19. The normalized spacial score (nSPS) is 10.6. The van der Waals surface area contributed by atoms with Crippen LogP contribution in [0, 0.1) is 0 Å². The van der Waals surface area contributed by atoms with E-state index in [0.717, 1.165) is 12.0 Å². The second-order valence-electron chi connectivity index (χ2n) is 3.72. The first-order valence-electron chi connectivity index (χ1n) is 5.64. The summed E-state index contributed by atoms with van der Waals surface area (Å²) >= 11 is 0. The summed E-state index contributed by atoms with van der Waals surface area (Å²) in [6.45, 7) is 0.753. The molecule has 1 amide bonds. The highest BCUT2D eigenvalue weighted by Crippen LogP contribution is 2.06. The van der Waals surface area contributed by atoms with Crippen molar-refractivity contribution in [3.05, 3.63) is 35.9 Å². The van der Waals surface area contributed by atoms with Crippen molar-refractivity contribution in [2.75, 3.05) is 18.9 Å². The molecule has 0 fully saturated rings. The van der Waals surface area contributed by atoms with Gasteiger partial charge in [-0.15, -0.1) is 0 Å². The van der Waals surface area contributed by atoms with Crippen molar-refractivity contribution in [2.45, 2.75) is 12.8 Å². The number of aliphatic hydroxyl groups excluding tert-OH is 1. The number of carbonyl (C=O) groups excluding carboxylic acids is 1. The Morgan fingerprint density at radius 1 is 1.29 bits per heavy atom. The molecule has 4 heteroatoms. The molecule has 1 rings (SSSR count). The van der Waals surface area contributed by atoms with Crippen molar-refractivity contribution in [2.24, 2.45) is 0 Å². The average molecular weight is 234 g/mol. The molecule has 4 nitrogen and oxygen atoms in total. The summed E-state index contributed by atoms with van der Waals surface area (Å²) in [5, 5.41) is 11.3. The van der Waals surface area contributed by atoms with Gasteiger partial charge >= 0.3 is 0 Å². The van der Waals surface area contributed by atoms with Crippen LogP contribution in [-0.4, -0.2) is 24.2 Å². The van der Waals surface area contributed by atoms with Crippen molar-refractivity contribution in [3.63, 3.8) is 0 Å². The molecule has 0 bridgehead atoms. The number of hydrogen-bond donors (Lipinski definition) is 3. The summed E-state index contributed by atoms with van der Waals surface area (Å²) in [5.74, 6) is -0.125. The van der Waals surface area contributed by atoms with E-state index in [-0.39, 0.29) is 12.5 Å². The van der Waals surface area contributed by atoms with Crippen molar-refractivity contribution >= 4 is 17.7 Å². The van der Waals surface area contributed by atoms with Crippen LogP contribution in [0.4, 0.5) is 5.69 Å². The van der Waals surface area contributed by atoms with Crippen LogP contribution in [-0.2, 0) is 4.79 Å². The Labute approximate surface area is 101 Å². The lowest BCUT2D eigenvalue weighted by atomic mass is 10.2. The first-order chi connectivity index (χ1) is 8.22. The van der Waals surface area contributed by atoms with Crippen LogP contribution in [0.3, 0.4) is 0 Å². The monoisotopic (exact) mass is 234 g/mol. The molecule has 1 aromatic rings. The molecule has 0 heterocycles. The molecule has 0 aliphatic rings. The van der Waals surface area contributed by atoms with Gasteiger partial charge in [0.25, 0.3) is 0 Å².